The first-order chi connectivity index (χ1) is 15.7. The zero-order valence-electron chi connectivity index (χ0n) is 18.6. The quantitative estimate of drug-likeness (QED) is 0.317. The summed E-state index contributed by atoms with van der Waals surface area (Å²) in [6.07, 6.45) is 3.10. The monoisotopic (exact) mass is 460 g/mol. The summed E-state index contributed by atoms with van der Waals surface area (Å²) in [5.74, 6) is 0.339. The van der Waals surface area contributed by atoms with E-state index in [1.165, 1.54) is 6.08 Å². The van der Waals surface area contributed by atoms with Crippen molar-refractivity contribution in [3.63, 3.8) is 0 Å². The van der Waals surface area contributed by atoms with Crippen LogP contribution in [0.4, 0.5) is 5.69 Å². The first-order valence-corrected chi connectivity index (χ1v) is 12.0. The van der Waals surface area contributed by atoms with E-state index in [1.54, 1.807) is 36.4 Å². The molecule has 0 aromatic heterocycles. The third kappa shape index (κ3) is 4.88. The average Bonchev–Trinajstić information content (AvgIpc) is 3.04. The van der Waals surface area contributed by atoms with Gasteiger partial charge in [0.25, 0.3) is 10.0 Å². The van der Waals surface area contributed by atoms with Crippen LogP contribution < -0.4 is 10.1 Å². The fourth-order valence-electron chi connectivity index (χ4n) is 3.57. The van der Waals surface area contributed by atoms with Crippen LogP contribution in [-0.2, 0) is 14.8 Å². The van der Waals surface area contributed by atoms with Crippen LogP contribution in [-0.4, -0.2) is 20.2 Å². The maximum Gasteiger partial charge on any atom is 0.336 e. The summed E-state index contributed by atoms with van der Waals surface area (Å²) >= 11 is 0. The molecular formula is C26H24N2O4S. The van der Waals surface area contributed by atoms with E-state index >= 15 is 0 Å². The van der Waals surface area contributed by atoms with E-state index in [2.05, 4.69) is 9.71 Å². The lowest BCUT2D eigenvalue weighted by molar-refractivity contribution is -0.128. The van der Waals surface area contributed by atoms with Crippen LogP contribution >= 0.6 is 0 Å². The van der Waals surface area contributed by atoms with Gasteiger partial charge >= 0.3 is 5.97 Å². The predicted molar refractivity (Wildman–Crippen MR) is 130 cm³/mol. The molecule has 6 nitrogen and oxygen atoms in total. The van der Waals surface area contributed by atoms with Crippen molar-refractivity contribution in [1.29, 1.82) is 0 Å². The summed E-state index contributed by atoms with van der Waals surface area (Å²) < 4.78 is 34.3. The van der Waals surface area contributed by atoms with Gasteiger partial charge in [0.2, 0.25) is 0 Å². The number of rotatable bonds is 5. The number of aryl methyl sites for hydroxylation is 1. The highest BCUT2D eigenvalue weighted by Crippen LogP contribution is 2.34. The van der Waals surface area contributed by atoms with Gasteiger partial charge in [-0.1, -0.05) is 56.3 Å². The van der Waals surface area contributed by atoms with Gasteiger partial charge in [0, 0.05) is 17.3 Å². The number of sulfonamides is 1. The normalized spacial score (nSPS) is 14.2. The van der Waals surface area contributed by atoms with E-state index in [0.717, 1.165) is 16.7 Å². The molecule has 0 fully saturated rings. The Balaban J connectivity index is 1.61. The summed E-state index contributed by atoms with van der Waals surface area (Å²) in [6.45, 7) is 5.86. The highest BCUT2D eigenvalue weighted by molar-refractivity contribution is 7.90. The highest BCUT2D eigenvalue weighted by Gasteiger charge is 2.29. The molecule has 4 rings (SSSR count). The van der Waals surface area contributed by atoms with Gasteiger partial charge in [0.1, 0.15) is 10.6 Å². The van der Waals surface area contributed by atoms with Gasteiger partial charge in [-0.05, 0) is 59.9 Å². The van der Waals surface area contributed by atoms with E-state index in [1.807, 2.05) is 57.2 Å². The molecule has 168 valence electrons. The molecule has 0 saturated carbocycles. The van der Waals surface area contributed by atoms with Crippen LogP contribution in [0.1, 0.15) is 42.0 Å². The minimum absolute atomic E-state index is 0.0635. The molecule has 7 heteroatoms. The second-order valence-electron chi connectivity index (χ2n) is 8.06. The molecule has 0 radical (unpaired) electrons. The molecule has 1 aliphatic rings. The largest absolute Gasteiger partial charge is 0.423 e. The van der Waals surface area contributed by atoms with E-state index in [0.29, 0.717) is 17.0 Å². The number of ether oxygens (including phenoxy) is 1. The molecule has 1 aliphatic heterocycles. The molecule has 3 aromatic carbocycles. The standard InChI is InChI=1S/C26H24N2O4S/c1-17(2)21-16-22(27-26-20-11-7-8-12-24(20)33(30,31)28-26)18(3)15-23(21)32-25(29)14-13-19-9-5-4-6-10-19/h4-17H,1-3H3,(H,27,28)/b14-13+. The number of carbonyl (C=O) groups is 1. The molecule has 0 aliphatic carbocycles. The number of esters is 1. The second kappa shape index (κ2) is 9.03. The fourth-order valence-corrected chi connectivity index (χ4v) is 4.74. The molecule has 1 heterocycles. The van der Waals surface area contributed by atoms with Gasteiger partial charge in [-0.15, -0.1) is 4.40 Å². The van der Waals surface area contributed by atoms with Crippen LogP contribution in [0.5, 0.6) is 5.75 Å². The summed E-state index contributed by atoms with van der Waals surface area (Å²) in [6, 6.07) is 19.9. The van der Waals surface area contributed by atoms with Crippen molar-refractivity contribution in [2.24, 2.45) is 4.40 Å². The van der Waals surface area contributed by atoms with Gasteiger partial charge in [-0.25, -0.2) is 4.79 Å². The third-order valence-corrected chi connectivity index (χ3v) is 6.62. The summed E-state index contributed by atoms with van der Waals surface area (Å²) in [7, 11) is -3.72. The van der Waals surface area contributed by atoms with Gasteiger partial charge < -0.3 is 10.1 Å². The minimum atomic E-state index is -3.72. The molecule has 0 saturated heterocycles. The average molecular weight is 461 g/mol. The summed E-state index contributed by atoms with van der Waals surface area (Å²) in [5.41, 5.74) is 3.74. The van der Waals surface area contributed by atoms with Crippen molar-refractivity contribution in [3.05, 3.63) is 95.1 Å². The molecule has 0 unspecified atom stereocenters. The van der Waals surface area contributed by atoms with Crippen molar-refractivity contribution in [2.75, 3.05) is 5.32 Å². The fraction of sp³-hybridized carbons (Fsp3) is 0.154. The smallest absolute Gasteiger partial charge is 0.336 e. The van der Waals surface area contributed by atoms with Crippen LogP contribution in [0, 0.1) is 6.92 Å². The Hall–Kier alpha value is -3.71. The zero-order valence-corrected chi connectivity index (χ0v) is 19.4. The number of hydrogen-bond donors (Lipinski definition) is 1. The number of hydrogen-bond acceptors (Lipinski definition) is 5. The third-order valence-electron chi connectivity index (χ3n) is 5.29. The Morgan fingerprint density at radius 2 is 1.73 bits per heavy atom. The van der Waals surface area contributed by atoms with Gasteiger partial charge in [-0.2, -0.15) is 8.42 Å². The lowest BCUT2D eigenvalue weighted by Crippen LogP contribution is -2.14. The number of nitrogens with zero attached hydrogens (tertiary/aromatic N) is 1. The Kier molecular flexibility index (Phi) is 6.16. The van der Waals surface area contributed by atoms with Crippen molar-refractivity contribution in [3.8, 4) is 5.75 Å². The Morgan fingerprint density at radius 1 is 1.03 bits per heavy atom. The van der Waals surface area contributed by atoms with Crippen molar-refractivity contribution < 1.29 is 17.9 Å². The predicted octanol–water partition coefficient (Wildman–Crippen LogP) is 5.30. The van der Waals surface area contributed by atoms with Crippen LogP contribution in [0.25, 0.3) is 6.08 Å². The lowest BCUT2D eigenvalue weighted by Gasteiger charge is -2.17. The van der Waals surface area contributed by atoms with E-state index < -0.39 is 16.0 Å². The molecule has 0 atom stereocenters. The lowest BCUT2D eigenvalue weighted by atomic mass is 9.99. The van der Waals surface area contributed by atoms with E-state index in [4.69, 9.17) is 4.74 Å². The molecule has 0 bridgehead atoms. The first kappa shape index (κ1) is 22.5. The van der Waals surface area contributed by atoms with Crippen LogP contribution in [0.3, 0.4) is 0 Å². The zero-order chi connectivity index (χ0) is 23.6. The number of amidine groups is 1. The number of carbonyl (C=O) groups excluding carboxylic acids is 1. The maximum atomic E-state index is 12.4. The highest BCUT2D eigenvalue weighted by atomic mass is 32.2. The van der Waals surface area contributed by atoms with Gasteiger partial charge in [-0.3, -0.25) is 0 Å². The molecule has 3 aromatic rings. The molecular weight excluding hydrogens is 436 g/mol. The van der Waals surface area contributed by atoms with Crippen molar-refractivity contribution in [1.82, 2.24) is 0 Å². The minimum Gasteiger partial charge on any atom is -0.423 e. The van der Waals surface area contributed by atoms with E-state index in [9.17, 15) is 13.2 Å². The van der Waals surface area contributed by atoms with E-state index in [-0.39, 0.29) is 16.6 Å². The molecule has 33 heavy (non-hydrogen) atoms. The molecule has 1 N–H and O–H groups in total. The number of nitrogens with one attached hydrogen (secondary N) is 1. The van der Waals surface area contributed by atoms with Crippen molar-refractivity contribution >= 4 is 33.6 Å². The summed E-state index contributed by atoms with van der Waals surface area (Å²) in [4.78, 5) is 12.6. The molecule has 0 spiro atoms. The number of anilines is 1. The van der Waals surface area contributed by atoms with Crippen molar-refractivity contribution in [2.45, 2.75) is 31.6 Å². The van der Waals surface area contributed by atoms with Crippen LogP contribution in [0.15, 0.2) is 82.1 Å². The van der Waals surface area contributed by atoms with Crippen LogP contribution in [0.2, 0.25) is 0 Å². The van der Waals surface area contributed by atoms with Gasteiger partial charge in [0.15, 0.2) is 5.84 Å². The number of fused-ring (bicyclic) bond motifs is 1. The second-order valence-corrected chi connectivity index (χ2v) is 9.63. The first-order valence-electron chi connectivity index (χ1n) is 10.6. The summed E-state index contributed by atoms with van der Waals surface area (Å²) in [5, 5.41) is 3.16. The topological polar surface area (TPSA) is 84.8 Å². The number of benzene rings is 3. The maximum absolute atomic E-state index is 12.4. The Bertz CT molecular complexity index is 1370. The van der Waals surface area contributed by atoms with Gasteiger partial charge in [0.05, 0.1) is 0 Å². The SMILES string of the molecule is Cc1cc(OC(=O)/C=C/c2ccccc2)c(C(C)C)cc1NC1=NS(=O)(=O)c2ccccc21. The molecule has 0 amide bonds. The Morgan fingerprint density at radius 3 is 2.45 bits per heavy atom. The Labute approximate surface area is 193 Å².